The van der Waals surface area contributed by atoms with E-state index in [2.05, 4.69) is 10.00 Å². The number of nitrogens with zero attached hydrogens (tertiary/aromatic N) is 3. The van der Waals surface area contributed by atoms with Gasteiger partial charge in [0.1, 0.15) is 5.75 Å². The molecule has 3 saturated heterocycles. The Morgan fingerprint density at radius 2 is 1.94 bits per heavy atom. The molecule has 2 bridgehead atoms. The largest absolute Gasteiger partial charge is 0.435 e. The van der Waals surface area contributed by atoms with Gasteiger partial charge >= 0.3 is 6.61 Å². The molecule has 1 amide bonds. The summed E-state index contributed by atoms with van der Waals surface area (Å²) < 4.78 is 32.7. The van der Waals surface area contributed by atoms with E-state index in [0.29, 0.717) is 23.4 Å². The number of hydrogen-bond acceptors (Lipinski definition) is 4. The Morgan fingerprint density at radius 3 is 2.55 bits per heavy atom. The van der Waals surface area contributed by atoms with Crippen LogP contribution in [0.2, 0.25) is 0 Å². The molecule has 8 heteroatoms. The molecule has 3 fully saturated rings. The monoisotopic (exact) mass is 426 g/mol. The number of carbonyl (C=O) groups excluding carboxylic acids is 1. The lowest BCUT2D eigenvalue weighted by Gasteiger charge is -2.45. The molecule has 6 nitrogen and oxygen atoms in total. The summed E-state index contributed by atoms with van der Waals surface area (Å²) in [5, 5.41) is 5.16. The second kappa shape index (κ2) is 7.92. The Balaban J connectivity index is 1.69. The molecule has 0 unspecified atom stereocenters. The number of primary amides is 1. The lowest BCUT2D eigenvalue weighted by molar-refractivity contribution is -0.0498. The maximum atomic E-state index is 13.1. The fraction of sp³-hybridized carbons (Fsp3) is 0.391. The van der Waals surface area contributed by atoms with Crippen molar-refractivity contribution in [1.82, 2.24) is 14.7 Å². The topological polar surface area (TPSA) is 73.4 Å². The van der Waals surface area contributed by atoms with Crippen molar-refractivity contribution in [2.24, 2.45) is 11.7 Å². The van der Waals surface area contributed by atoms with Crippen LogP contribution in [0, 0.1) is 5.92 Å². The molecule has 3 aliphatic heterocycles. The van der Waals surface area contributed by atoms with Crippen molar-refractivity contribution in [3.63, 3.8) is 0 Å². The molecule has 2 N–H and O–H groups in total. The average Bonchev–Trinajstić information content (AvgIpc) is 3.13. The first-order valence-corrected chi connectivity index (χ1v) is 10.5. The van der Waals surface area contributed by atoms with Gasteiger partial charge in [-0.05, 0) is 49.0 Å². The minimum atomic E-state index is -2.93. The third kappa shape index (κ3) is 3.76. The minimum Gasteiger partial charge on any atom is -0.435 e. The van der Waals surface area contributed by atoms with Crippen LogP contribution in [0.25, 0.3) is 10.9 Å². The van der Waals surface area contributed by atoms with Gasteiger partial charge in [-0.1, -0.05) is 30.3 Å². The number of benzene rings is 2. The molecule has 1 atom stereocenters. The highest BCUT2D eigenvalue weighted by Crippen LogP contribution is 2.43. The number of amides is 1. The third-order valence-corrected chi connectivity index (χ3v) is 6.55. The van der Waals surface area contributed by atoms with Gasteiger partial charge in [0.15, 0.2) is 5.69 Å². The molecule has 3 aromatic rings. The number of piperidine rings is 3. The van der Waals surface area contributed by atoms with Gasteiger partial charge in [-0.15, -0.1) is 0 Å². The van der Waals surface area contributed by atoms with Crippen LogP contribution in [-0.2, 0) is 6.54 Å². The van der Waals surface area contributed by atoms with Gasteiger partial charge in [-0.2, -0.15) is 13.9 Å². The van der Waals surface area contributed by atoms with Crippen molar-refractivity contribution in [1.29, 1.82) is 0 Å². The molecule has 2 aromatic carbocycles. The third-order valence-electron chi connectivity index (χ3n) is 6.55. The summed E-state index contributed by atoms with van der Waals surface area (Å²) in [6.45, 7) is 0.390. The molecule has 3 aliphatic rings. The number of carbonyl (C=O) groups is 1. The van der Waals surface area contributed by atoms with Gasteiger partial charge in [-0.25, -0.2) is 0 Å². The smallest absolute Gasteiger partial charge is 0.387 e. The number of ether oxygens (including phenoxy) is 1. The van der Waals surface area contributed by atoms with E-state index < -0.39 is 12.5 Å². The van der Waals surface area contributed by atoms with Crippen LogP contribution in [0.5, 0.6) is 5.75 Å². The zero-order valence-corrected chi connectivity index (χ0v) is 17.0. The van der Waals surface area contributed by atoms with E-state index in [4.69, 9.17) is 10.5 Å². The number of alkyl halides is 2. The first-order valence-electron chi connectivity index (χ1n) is 10.5. The predicted molar refractivity (Wildman–Crippen MR) is 112 cm³/mol. The Hall–Kier alpha value is -3.00. The molecular formula is C23H24F2N4O2. The second-order valence-electron chi connectivity index (χ2n) is 8.39. The van der Waals surface area contributed by atoms with Crippen LogP contribution in [0.15, 0.2) is 42.5 Å². The van der Waals surface area contributed by atoms with Crippen LogP contribution in [0.1, 0.15) is 40.4 Å². The summed E-state index contributed by atoms with van der Waals surface area (Å²) in [4.78, 5) is 14.7. The van der Waals surface area contributed by atoms with Crippen LogP contribution in [0.4, 0.5) is 8.78 Å². The van der Waals surface area contributed by atoms with Crippen molar-refractivity contribution >= 4 is 16.8 Å². The highest BCUT2D eigenvalue weighted by Gasteiger charge is 2.37. The quantitative estimate of drug-likeness (QED) is 0.654. The number of hydrogen-bond donors (Lipinski definition) is 1. The Morgan fingerprint density at radius 1 is 1.19 bits per heavy atom. The van der Waals surface area contributed by atoms with E-state index in [9.17, 15) is 13.6 Å². The van der Waals surface area contributed by atoms with E-state index in [1.165, 1.54) is 6.07 Å². The van der Waals surface area contributed by atoms with Gasteiger partial charge in [0, 0.05) is 23.9 Å². The second-order valence-corrected chi connectivity index (χ2v) is 8.39. The Bertz CT molecular complexity index is 1110. The standard InChI is InChI=1S/C23H24F2N4O2/c24-23(25)31-16-10-17(18-13-28-8-6-15(18)7-9-28)20-19(11-16)29(27-21(20)22(26)30)12-14-4-2-1-3-5-14/h1-5,10-11,15,18,23H,6-9,12-13H2,(H2,26,30)/t18-/m1/s1. The zero-order valence-electron chi connectivity index (χ0n) is 17.0. The number of halogens is 2. The molecule has 6 rings (SSSR count). The van der Waals surface area contributed by atoms with E-state index >= 15 is 0 Å². The molecule has 4 heterocycles. The normalized spacial score (nSPS) is 22.9. The van der Waals surface area contributed by atoms with Crippen LogP contribution < -0.4 is 10.5 Å². The predicted octanol–water partition coefficient (Wildman–Crippen LogP) is 3.59. The molecule has 31 heavy (non-hydrogen) atoms. The van der Waals surface area contributed by atoms with Gasteiger partial charge < -0.3 is 15.4 Å². The summed E-state index contributed by atoms with van der Waals surface area (Å²) >= 11 is 0. The van der Waals surface area contributed by atoms with E-state index in [1.807, 2.05) is 30.3 Å². The fourth-order valence-corrected chi connectivity index (χ4v) is 5.14. The van der Waals surface area contributed by atoms with Gasteiger partial charge in [0.25, 0.3) is 5.91 Å². The summed E-state index contributed by atoms with van der Waals surface area (Å²) in [6, 6.07) is 12.8. The fourth-order valence-electron chi connectivity index (χ4n) is 5.14. The van der Waals surface area contributed by atoms with Crippen LogP contribution in [-0.4, -0.2) is 46.8 Å². The van der Waals surface area contributed by atoms with Gasteiger partial charge in [0.2, 0.25) is 0 Å². The molecular weight excluding hydrogens is 402 g/mol. The van der Waals surface area contributed by atoms with Crippen molar-refractivity contribution in [2.45, 2.75) is 31.9 Å². The summed E-state index contributed by atoms with van der Waals surface area (Å²) in [7, 11) is 0. The number of fused-ring (bicyclic) bond motifs is 4. The number of rotatable bonds is 6. The molecule has 0 radical (unpaired) electrons. The molecule has 0 spiro atoms. The molecule has 1 aromatic heterocycles. The minimum absolute atomic E-state index is 0.0826. The maximum Gasteiger partial charge on any atom is 0.387 e. The average molecular weight is 426 g/mol. The van der Waals surface area contributed by atoms with Crippen molar-refractivity contribution < 1.29 is 18.3 Å². The molecule has 0 aliphatic carbocycles. The first-order chi connectivity index (χ1) is 15.0. The van der Waals surface area contributed by atoms with Gasteiger partial charge in [-0.3, -0.25) is 9.48 Å². The van der Waals surface area contributed by atoms with Crippen molar-refractivity contribution in [2.75, 3.05) is 19.6 Å². The SMILES string of the molecule is NC(=O)c1nn(Cc2ccccc2)c2cc(OC(F)F)cc([C@@H]3CN4CCC3CC4)c12. The van der Waals surface area contributed by atoms with Crippen molar-refractivity contribution in [3.8, 4) is 5.75 Å². The summed E-state index contributed by atoms with van der Waals surface area (Å²) in [5.41, 5.74) is 8.28. The van der Waals surface area contributed by atoms with Gasteiger partial charge in [0.05, 0.1) is 12.1 Å². The van der Waals surface area contributed by atoms with E-state index in [-0.39, 0.29) is 17.4 Å². The number of nitrogens with two attached hydrogens (primary N) is 1. The molecule has 162 valence electrons. The zero-order chi connectivity index (χ0) is 21.5. The van der Waals surface area contributed by atoms with Crippen LogP contribution >= 0.6 is 0 Å². The lowest BCUT2D eigenvalue weighted by atomic mass is 9.74. The Labute approximate surface area is 178 Å². The summed E-state index contributed by atoms with van der Waals surface area (Å²) in [6.07, 6.45) is 2.10. The highest BCUT2D eigenvalue weighted by molar-refractivity contribution is 6.06. The number of aromatic nitrogens is 2. The summed E-state index contributed by atoms with van der Waals surface area (Å²) in [5.74, 6) is 0.0212. The van der Waals surface area contributed by atoms with Crippen molar-refractivity contribution in [3.05, 3.63) is 59.3 Å². The Kier molecular flexibility index (Phi) is 5.09. The van der Waals surface area contributed by atoms with Crippen LogP contribution in [0.3, 0.4) is 0 Å². The first kappa shape index (κ1) is 19.9. The molecule has 0 saturated carbocycles. The highest BCUT2D eigenvalue weighted by atomic mass is 19.3. The lowest BCUT2D eigenvalue weighted by Crippen LogP contribution is -2.46. The maximum absolute atomic E-state index is 13.1. The van der Waals surface area contributed by atoms with E-state index in [0.717, 1.165) is 43.6 Å². The van der Waals surface area contributed by atoms with E-state index in [1.54, 1.807) is 10.7 Å².